The van der Waals surface area contributed by atoms with Crippen molar-refractivity contribution in [3.05, 3.63) is 30.3 Å². The van der Waals surface area contributed by atoms with Crippen LogP contribution in [0.3, 0.4) is 0 Å². The summed E-state index contributed by atoms with van der Waals surface area (Å²) in [7, 11) is 0. The molecule has 1 aromatic rings. The van der Waals surface area contributed by atoms with Gasteiger partial charge in [-0.1, -0.05) is 64.8 Å². The maximum absolute atomic E-state index is 11.4. The fourth-order valence-electron chi connectivity index (χ4n) is 1.20. The van der Waals surface area contributed by atoms with E-state index in [0.29, 0.717) is 12.3 Å². The summed E-state index contributed by atoms with van der Waals surface area (Å²) in [5.74, 6) is -0.602. The number of para-hydroxylation sites is 1. The third kappa shape index (κ3) is 7.35. The van der Waals surface area contributed by atoms with Crippen LogP contribution in [0.5, 0.6) is 0 Å². The van der Waals surface area contributed by atoms with Crippen LogP contribution in [0, 0.1) is 0 Å². The van der Waals surface area contributed by atoms with Gasteiger partial charge in [0.05, 0.1) is 18.0 Å². The summed E-state index contributed by atoms with van der Waals surface area (Å²) < 4.78 is 3.00. The van der Waals surface area contributed by atoms with Gasteiger partial charge in [-0.2, -0.15) is 0 Å². The van der Waals surface area contributed by atoms with E-state index in [4.69, 9.17) is 45.3 Å². The molecule has 0 aliphatic carbocycles. The number of ether oxygens (including phenoxy) is 1. The van der Waals surface area contributed by atoms with Gasteiger partial charge in [-0.05, 0) is 19.1 Å². The van der Waals surface area contributed by atoms with E-state index < -0.39 is 9.76 Å². The SMILES string of the molecule is CCOC(=O)CSC(=Nc1ccccc1)/N=C(/N)C(Cl)(Cl)Cl. The summed E-state index contributed by atoms with van der Waals surface area (Å²) in [6.45, 7) is 2.02. The topological polar surface area (TPSA) is 77.0 Å². The molecule has 0 radical (unpaired) electrons. The Kier molecular flexibility index (Phi) is 8.03. The van der Waals surface area contributed by atoms with Crippen molar-refractivity contribution in [3.8, 4) is 0 Å². The molecule has 1 rings (SSSR count). The summed E-state index contributed by atoms with van der Waals surface area (Å²) in [6.07, 6.45) is 0. The molecule has 0 bridgehead atoms. The molecule has 1 aromatic carbocycles. The van der Waals surface area contributed by atoms with E-state index in [1.54, 1.807) is 19.1 Å². The monoisotopic (exact) mass is 381 g/mol. The number of benzene rings is 1. The third-order valence-corrected chi connectivity index (χ3v) is 3.51. The van der Waals surface area contributed by atoms with Crippen LogP contribution in [0.2, 0.25) is 0 Å². The van der Waals surface area contributed by atoms with Crippen LogP contribution in [0.4, 0.5) is 5.69 Å². The molecule has 0 fully saturated rings. The van der Waals surface area contributed by atoms with E-state index in [0.717, 1.165) is 11.8 Å². The lowest BCUT2D eigenvalue weighted by Crippen LogP contribution is -2.29. The van der Waals surface area contributed by atoms with E-state index in [-0.39, 0.29) is 16.8 Å². The predicted octanol–water partition coefficient (Wildman–Crippen LogP) is 3.70. The van der Waals surface area contributed by atoms with Gasteiger partial charge in [-0.15, -0.1) is 0 Å². The standard InChI is InChI=1S/C13H14Cl3N3O2S/c1-2-21-10(20)8-22-12(19-11(17)13(14,15)16)18-9-6-4-3-5-7-9/h3-7H,2,8H2,1H3,(H2,17,18,19). The zero-order chi connectivity index (χ0) is 16.6. The summed E-state index contributed by atoms with van der Waals surface area (Å²) >= 11 is 18.0. The van der Waals surface area contributed by atoms with Crippen LogP contribution >= 0.6 is 46.6 Å². The fraction of sp³-hybridized carbons (Fsp3) is 0.308. The second kappa shape index (κ2) is 9.25. The summed E-state index contributed by atoms with van der Waals surface area (Å²) in [6, 6.07) is 9.02. The van der Waals surface area contributed by atoms with Gasteiger partial charge in [0.2, 0.25) is 3.79 Å². The molecule has 0 heterocycles. The van der Waals surface area contributed by atoms with Crippen LogP contribution in [0.1, 0.15) is 6.92 Å². The lowest BCUT2D eigenvalue weighted by molar-refractivity contribution is -0.139. The highest BCUT2D eigenvalue weighted by Crippen LogP contribution is 2.27. The molecule has 9 heteroatoms. The molecule has 0 aliphatic heterocycles. The first-order chi connectivity index (χ1) is 10.3. The zero-order valence-corrected chi connectivity index (χ0v) is 14.7. The first-order valence-corrected chi connectivity index (χ1v) is 8.28. The first-order valence-electron chi connectivity index (χ1n) is 6.16. The Morgan fingerprint density at radius 2 is 1.95 bits per heavy atom. The Morgan fingerprint density at radius 3 is 2.50 bits per heavy atom. The molecule has 120 valence electrons. The number of esters is 1. The normalized spacial score (nSPS) is 13.1. The van der Waals surface area contributed by atoms with E-state index in [1.807, 2.05) is 18.2 Å². The van der Waals surface area contributed by atoms with Gasteiger partial charge < -0.3 is 10.5 Å². The molecule has 5 nitrogen and oxygen atoms in total. The maximum Gasteiger partial charge on any atom is 0.316 e. The Morgan fingerprint density at radius 1 is 1.32 bits per heavy atom. The lowest BCUT2D eigenvalue weighted by atomic mass is 10.3. The molecular formula is C13H14Cl3N3O2S. The first kappa shape index (κ1) is 19.1. The average Bonchev–Trinajstić information content (AvgIpc) is 2.45. The van der Waals surface area contributed by atoms with Crippen molar-refractivity contribution in [2.45, 2.75) is 10.7 Å². The summed E-state index contributed by atoms with van der Waals surface area (Å²) in [5, 5.41) is 0.197. The van der Waals surface area contributed by atoms with Crippen LogP contribution in [0.15, 0.2) is 40.3 Å². The van der Waals surface area contributed by atoms with E-state index in [9.17, 15) is 4.79 Å². The van der Waals surface area contributed by atoms with Crippen molar-refractivity contribution in [3.63, 3.8) is 0 Å². The van der Waals surface area contributed by atoms with Crippen LogP contribution in [-0.2, 0) is 9.53 Å². The third-order valence-electron chi connectivity index (χ3n) is 2.11. The number of rotatable bonds is 4. The highest BCUT2D eigenvalue weighted by molar-refractivity contribution is 8.14. The largest absolute Gasteiger partial charge is 0.465 e. The number of hydrogen-bond donors (Lipinski definition) is 1. The molecule has 0 saturated heterocycles. The average molecular weight is 383 g/mol. The van der Waals surface area contributed by atoms with Gasteiger partial charge in [-0.3, -0.25) is 4.79 Å². The zero-order valence-electron chi connectivity index (χ0n) is 11.6. The predicted molar refractivity (Wildman–Crippen MR) is 94.5 cm³/mol. The van der Waals surface area contributed by atoms with Crippen LogP contribution in [-0.4, -0.2) is 33.1 Å². The highest BCUT2D eigenvalue weighted by Gasteiger charge is 2.26. The molecule has 0 saturated carbocycles. The van der Waals surface area contributed by atoms with Crippen molar-refractivity contribution in [2.24, 2.45) is 15.7 Å². The van der Waals surface area contributed by atoms with Crippen molar-refractivity contribution >= 4 is 69.2 Å². The molecule has 2 N–H and O–H groups in total. The number of halogens is 3. The van der Waals surface area contributed by atoms with E-state index in [1.165, 1.54) is 0 Å². The molecule has 0 amide bonds. The highest BCUT2D eigenvalue weighted by atomic mass is 35.6. The van der Waals surface area contributed by atoms with Gasteiger partial charge in [0.1, 0.15) is 0 Å². The van der Waals surface area contributed by atoms with Gasteiger partial charge in [-0.25, -0.2) is 9.98 Å². The molecule has 0 aromatic heterocycles. The van der Waals surface area contributed by atoms with E-state index in [2.05, 4.69) is 9.98 Å². The van der Waals surface area contributed by atoms with Crippen molar-refractivity contribution in [1.29, 1.82) is 0 Å². The van der Waals surface area contributed by atoms with E-state index >= 15 is 0 Å². The number of carbonyl (C=O) groups excluding carboxylic acids is 1. The Balaban J connectivity index is 2.96. The number of aliphatic imine (C=N–C) groups is 2. The molecule has 0 aliphatic rings. The Bertz CT molecular complexity index is 559. The number of nitrogens with two attached hydrogens (primary N) is 1. The Labute approximate surface area is 147 Å². The van der Waals surface area contributed by atoms with Crippen molar-refractivity contribution in [2.75, 3.05) is 12.4 Å². The minimum Gasteiger partial charge on any atom is -0.465 e. The van der Waals surface area contributed by atoms with Gasteiger partial charge in [0.15, 0.2) is 11.0 Å². The minimum absolute atomic E-state index is 0.0240. The number of nitrogens with zero attached hydrogens (tertiary/aromatic N) is 2. The number of alkyl halides is 3. The Hall–Kier alpha value is -0.950. The number of thioether (sulfide) groups is 1. The van der Waals surface area contributed by atoms with Gasteiger partial charge in [0, 0.05) is 0 Å². The molecular weight excluding hydrogens is 369 g/mol. The van der Waals surface area contributed by atoms with Crippen LogP contribution < -0.4 is 5.73 Å². The quantitative estimate of drug-likeness (QED) is 0.373. The maximum atomic E-state index is 11.4. The van der Waals surface area contributed by atoms with Crippen molar-refractivity contribution in [1.82, 2.24) is 0 Å². The molecule has 0 spiro atoms. The molecule has 0 unspecified atom stereocenters. The summed E-state index contributed by atoms with van der Waals surface area (Å²) in [5.41, 5.74) is 6.25. The van der Waals surface area contributed by atoms with Crippen LogP contribution in [0.25, 0.3) is 0 Å². The molecule has 0 atom stereocenters. The number of hydrogen-bond acceptors (Lipinski definition) is 4. The second-order valence-electron chi connectivity index (χ2n) is 3.82. The van der Waals surface area contributed by atoms with Gasteiger partial charge in [0.25, 0.3) is 0 Å². The lowest BCUT2D eigenvalue weighted by Gasteiger charge is -2.10. The van der Waals surface area contributed by atoms with Crippen molar-refractivity contribution < 1.29 is 9.53 Å². The minimum atomic E-state index is -1.85. The number of amidine groups is 2. The second-order valence-corrected chi connectivity index (χ2v) is 7.04. The fourth-order valence-corrected chi connectivity index (χ4v) is 1.98. The summed E-state index contributed by atoms with van der Waals surface area (Å²) in [4.78, 5) is 19.7. The smallest absolute Gasteiger partial charge is 0.316 e. The number of carbonyl (C=O) groups is 1. The van der Waals surface area contributed by atoms with Gasteiger partial charge >= 0.3 is 5.97 Å². The molecule has 22 heavy (non-hydrogen) atoms.